The van der Waals surface area contributed by atoms with Crippen molar-refractivity contribution in [1.82, 2.24) is 0 Å². The third kappa shape index (κ3) is 7.08. The highest BCUT2D eigenvalue weighted by Gasteiger charge is 2.09. The van der Waals surface area contributed by atoms with Crippen LogP contribution in [0.2, 0.25) is 0 Å². The highest BCUT2D eigenvalue weighted by molar-refractivity contribution is 8.00. The zero-order valence-electron chi connectivity index (χ0n) is 14.6. The Morgan fingerprint density at radius 1 is 0.964 bits per heavy atom. The van der Waals surface area contributed by atoms with Gasteiger partial charge in [-0.1, -0.05) is 6.07 Å². The molecule has 0 saturated carbocycles. The molecule has 2 aromatic rings. The standard InChI is InChI=1S/C18H17N3O6S/c22-16(8-9-18(24)25)20-13-2-1-3-15(10-13)28-11-17(23)19-12-4-6-14(7-5-12)21(26)27/h1-7,10H,8-9,11H2,(H,19,23)(H,20,22)(H,24,25). The zero-order chi connectivity index (χ0) is 20.5. The Morgan fingerprint density at radius 3 is 2.29 bits per heavy atom. The number of thioether (sulfide) groups is 1. The molecule has 0 aliphatic carbocycles. The van der Waals surface area contributed by atoms with Crippen molar-refractivity contribution in [2.75, 3.05) is 16.4 Å². The molecule has 28 heavy (non-hydrogen) atoms. The number of carboxylic acids is 1. The molecule has 0 atom stereocenters. The fourth-order valence-corrected chi connectivity index (χ4v) is 2.88. The van der Waals surface area contributed by atoms with Crippen LogP contribution in [-0.4, -0.2) is 33.6 Å². The number of carbonyl (C=O) groups is 3. The van der Waals surface area contributed by atoms with Gasteiger partial charge in [-0.2, -0.15) is 0 Å². The smallest absolute Gasteiger partial charge is 0.303 e. The van der Waals surface area contributed by atoms with Crippen molar-refractivity contribution in [1.29, 1.82) is 0 Å². The third-order valence-electron chi connectivity index (χ3n) is 3.42. The number of carbonyl (C=O) groups excluding carboxylic acids is 2. The maximum absolute atomic E-state index is 12.0. The molecule has 0 aromatic heterocycles. The van der Waals surface area contributed by atoms with E-state index in [0.717, 1.165) is 4.90 Å². The number of amides is 2. The first-order valence-corrected chi connectivity index (χ1v) is 9.11. The van der Waals surface area contributed by atoms with Crippen molar-refractivity contribution in [3.63, 3.8) is 0 Å². The van der Waals surface area contributed by atoms with Crippen molar-refractivity contribution < 1.29 is 24.4 Å². The van der Waals surface area contributed by atoms with E-state index in [1.807, 2.05) is 0 Å². The topological polar surface area (TPSA) is 139 Å². The molecule has 3 N–H and O–H groups in total. The summed E-state index contributed by atoms with van der Waals surface area (Å²) in [6.07, 6.45) is -0.368. The normalized spacial score (nSPS) is 10.1. The summed E-state index contributed by atoms with van der Waals surface area (Å²) >= 11 is 1.25. The van der Waals surface area contributed by atoms with Crippen LogP contribution in [0.25, 0.3) is 0 Å². The first-order chi connectivity index (χ1) is 13.3. The van der Waals surface area contributed by atoms with Gasteiger partial charge in [-0.25, -0.2) is 0 Å². The number of benzene rings is 2. The summed E-state index contributed by atoms with van der Waals surface area (Å²) in [5.74, 6) is -1.62. The lowest BCUT2D eigenvalue weighted by Crippen LogP contribution is -2.14. The van der Waals surface area contributed by atoms with Crippen molar-refractivity contribution in [2.24, 2.45) is 0 Å². The molecule has 0 fully saturated rings. The lowest BCUT2D eigenvalue weighted by Gasteiger charge is -2.08. The largest absolute Gasteiger partial charge is 0.481 e. The monoisotopic (exact) mass is 403 g/mol. The maximum atomic E-state index is 12.0. The van der Waals surface area contributed by atoms with Crippen LogP contribution in [0.3, 0.4) is 0 Å². The van der Waals surface area contributed by atoms with Gasteiger partial charge in [-0.3, -0.25) is 24.5 Å². The Kier molecular flexibility index (Phi) is 7.52. The average Bonchev–Trinajstić information content (AvgIpc) is 2.65. The molecule has 0 spiro atoms. The van der Waals surface area contributed by atoms with Gasteiger partial charge in [0.05, 0.1) is 17.1 Å². The quantitative estimate of drug-likeness (QED) is 0.332. The van der Waals surface area contributed by atoms with Crippen LogP contribution in [-0.2, 0) is 14.4 Å². The van der Waals surface area contributed by atoms with Crippen molar-refractivity contribution in [2.45, 2.75) is 17.7 Å². The molecule has 2 amide bonds. The predicted octanol–water partition coefficient (Wildman–Crippen LogP) is 3.13. The first kappa shape index (κ1) is 20.9. The Labute approximate surface area is 164 Å². The van der Waals surface area contributed by atoms with Crippen LogP contribution in [0.15, 0.2) is 53.4 Å². The van der Waals surface area contributed by atoms with Crippen LogP contribution >= 0.6 is 11.8 Å². The molecule has 0 aliphatic rings. The van der Waals surface area contributed by atoms with Gasteiger partial charge in [-0.05, 0) is 30.3 Å². The van der Waals surface area contributed by atoms with E-state index in [1.54, 1.807) is 24.3 Å². The molecule has 0 unspecified atom stereocenters. The number of nitrogens with one attached hydrogen (secondary N) is 2. The Balaban J connectivity index is 1.84. The molecule has 0 heterocycles. The molecular weight excluding hydrogens is 386 g/mol. The van der Waals surface area contributed by atoms with E-state index in [2.05, 4.69) is 10.6 Å². The highest BCUT2D eigenvalue weighted by Crippen LogP contribution is 2.22. The van der Waals surface area contributed by atoms with E-state index in [-0.39, 0.29) is 30.2 Å². The van der Waals surface area contributed by atoms with Crippen LogP contribution < -0.4 is 10.6 Å². The van der Waals surface area contributed by atoms with Crippen molar-refractivity contribution in [3.05, 3.63) is 58.6 Å². The molecule has 10 heteroatoms. The summed E-state index contributed by atoms with van der Waals surface area (Å²) in [6.45, 7) is 0. The molecule has 146 valence electrons. The van der Waals surface area contributed by atoms with Gasteiger partial charge in [0.2, 0.25) is 11.8 Å². The number of carboxylic acid groups (broad SMARTS) is 1. The number of aliphatic carboxylic acids is 1. The summed E-state index contributed by atoms with van der Waals surface area (Å²) in [5, 5.41) is 24.5. The van der Waals surface area contributed by atoms with E-state index in [1.165, 1.54) is 36.0 Å². The number of nitrogens with zero attached hydrogens (tertiary/aromatic N) is 1. The third-order valence-corrected chi connectivity index (χ3v) is 4.41. The minimum atomic E-state index is -1.04. The number of anilines is 2. The van der Waals surface area contributed by atoms with Gasteiger partial charge in [0.25, 0.3) is 5.69 Å². The summed E-state index contributed by atoms with van der Waals surface area (Å²) in [4.78, 5) is 45.0. The van der Waals surface area contributed by atoms with Crippen molar-refractivity contribution in [3.8, 4) is 0 Å². The molecule has 9 nitrogen and oxygen atoms in total. The van der Waals surface area contributed by atoms with Gasteiger partial charge in [0, 0.05) is 34.8 Å². The van der Waals surface area contributed by atoms with Crippen LogP contribution in [0.1, 0.15) is 12.8 Å². The number of hydrogen-bond acceptors (Lipinski definition) is 6. The van der Waals surface area contributed by atoms with Crippen LogP contribution in [0.4, 0.5) is 17.1 Å². The minimum Gasteiger partial charge on any atom is -0.481 e. The van der Waals surface area contributed by atoms with Gasteiger partial charge in [-0.15, -0.1) is 11.8 Å². The molecular formula is C18H17N3O6S. The van der Waals surface area contributed by atoms with E-state index in [4.69, 9.17) is 5.11 Å². The van der Waals surface area contributed by atoms with Gasteiger partial charge >= 0.3 is 5.97 Å². The van der Waals surface area contributed by atoms with Crippen molar-refractivity contribution >= 4 is 46.6 Å². The number of rotatable bonds is 9. The molecule has 0 saturated heterocycles. The Hall–Kier alpha value is -3.40. The summed E-state index contributed by atoms with van der Waals surface area (Å²) in [6, 6.07) is 12.3. The summed E-state index contributed by atoms with van der Waals surface area (Å²) in [5.41, 5.74) is 0.904. The number of hydrogen-bond donors (Lipinski definition) is 3. The zero-order valence-corrected chi connectivity index (χ0v) is 15.4. The second-order valence-electron chi connectivity index (χ2n) is 5.61. The van der Waals surface area contributed by atoms with Gasteiger partial charge in [0.1, 0.15) is 0 Å². The summed E-state index contributed by atoms with van der Waals surface area (Å²) in [7, 11) is 0. The predicted molar refractivity (Wildman–Crippen MR) is 104 cm³/mol. The SMILES string of the molecule is O=C(O)CCC(=O)Nc1cccc(SCC(=O)Nc2ccc([N+](=O)[O-])cc2)c1. The van der Waals surface area contributed by atoms with E-state index in [9.17, 15) is 24.5 Å². The second-order valence-corrected chi connectivity index (χ2v) is 6.66. The lowest BCUT2D eigenvalue weighted by molar-refractivity contribution is -0.384. The molecule has 2 rings (SSSR count). The summed E-state index contributed by atoms with van der Waals surface area (Å²) < 4.78 is 0. The fraction of sp³-hybridized carbons (Fsp3) is 0.167. The van der Waals surface area contributed by atoms with Gasteiger partial charge < -0.3 is 15.7 Å². The number of nitro groups is 1. The van der Waals surface area contributed by atoms with Gasteiger partial charge in [0.15, 0.2) is 0 Å². The average molecular weight is 403 g/mol. The van der Waals surface area contributed by atoms with E-state index in [0.29, 0.717) is 11.4 Å². The maximum Gasteiger partial charge on any atom is 0.303 e. The molecule has 0 bridgehead atoms. The first-order valence-electron chi connectivity index (χ1n) is 8.12. The Bertz CT molecular complexity index is 885. The fourth-order valence-electron chi connectivity index (χ4n) is 2.12. The minimum absolute atomic E-state index is 0.0606. The van der Waals surface area contributed by atoms with E-state index >= 15 is 0 Å². The second kappa shape index (κ2) is 10.1. The Morgan fingerprint density at radius 2 is 1.64 bits per heavy atom. The lowest BCUT2D eigenvalue weighted by atomic mass is 10.2. The number of nitro benzene ring substituents is 1. The highest BCUT2D eigenvalue weighted by atomic mass is 32.2. The molecule has 0 aliphatic heterocycles. The van der Waals surface area contributed by atoms with E-state index < -0.39 is 16.8 Å². The van der Waals surface area contributed by atoms with Crippen LogP contribution in [0, 0.1) is 10.1 Å². The molecule has 0 radical (unpaired) electrons. The van der Waals surface area contributed by atoms with Crippen LogP contribution in [0.5, 0.6) is 0 Å². The molecule has 2 aromatic carbocycles. The number of non-ortho nitro benzene ring substituents is 1.